The number of alkyl halides is 4. The average molecular weight is 513 g/mol. The van der Waals surface area contributed by atoms with Crippen LogP contribution in [-0.4, -0.2) is 71.6 Å². The molecule has 0 unspecified atom stereocenters. The van der Waals surface area contributed by atoms with Crippen molar-refractivity contribution in [1.29, 1.82) is 0 Å². The van der Waals surface area contributed by atoms with E-state index in [1.54, 1.807) is 9.80 Å². The van der Waals surface area contributed by atoms with Gasteiger partial charge in [0.05, 0.1) is 6.04 Å². The molecule has 0 aliphatic carbocycles. The summed E-state index contributed by atoms with van der Waals surface area (Å²) in [7, 11) is 0. The van der Waals surface area contributed by atoms with Gasteiger partial charge in [0, 0.05) is 62.9 Å². The second kappa shape index (κ2) is 9.46. The first-order chi connectivity index (χ1) is 16.7. The molecular weight excluding hydrogens is 488 g/mol. The van der Waals surface area contributed by atoms with Crippen LogP contribution in [0.1, 0.15) is 29.7 Å². The molecule has 1 aromatic carbocycles. The minimum atomic E-state index is -3.14. The fourth-order valence-corrected chi connectivity index (χ4v) is 5.45. The lowest BCUT2D eigenvalue weighted by molar-refractivity contribution is -0.0333. The van der Waals surface area contributed by atoms with Crippen LogP contribution in [0, 0.1) is 0 Å². The third-order valence-electron chi connectivity index (χ3n) is 7.04. The smallest absolute Gasteiger partial charge is 0.410 e. The molecule has 3 aliphatic rings. The summed E-state index contributed by atoms with van der Waals surface area (Å²) >= 11 is 5.96. The van der Waals surface area contributed by atoms with Gasteiger partial charge in [-0.15, -0.1) is 0 Å². The van der Waals surface area contributed by atoms with Gasteiger partial charge in [0.15, 0.2) is 0 Å². The summed E-state index contributed by atoms with van der Waals surface area (Å²) in [5.74, 6) is -3.14. The van der Waals surface area contributed by atoms with Crippen LogP contribution in [0.15, 0.2) is 36.4 Å². The van der Waals surface area contributed by atoms with Crippen molar-refractivity contribution in [3.05, 3.63) is 58.4 Å². The number of amides is 1. The average Bonchev–Trinajstić information content (AvgIpc) is 2.90. The monoisotopic (exact) mass is 512 g/mol. The molecule has 1 amide bonds. The molecule has 1 aromatic heterocycles. The summed E-state index contributed by atoms with van der Waals surface area (Å²) in [5.41, 5.74) is 0.427. The molecule has 4 heterocycles. The molecule has 188 valence electrons. The van der Waals surface area contributed by atoms with Gasteiger partial charge in [-0.2, -0.15) is 0 Å². The number of rotatable bonds is 4. The van der Waals surface area contributed by atoms with Gasteiger partial charge in [0.25, 0.3) is 12.3 Å². The van der Waals surface area contributed by atoms with Crippen molar-refractivity contribution in [2.75, 3.05) is 37.6 Å². The highest BCUT2D eigenvalue weighted by Crippen LogP contribution is 2.46. The van der Waals surface area contributed by atoms with Gasteiger partial charge >= 0.3 is 6.09 Å². The number of hydrogen-bond donors (Lipinski definition) is 0. The molecule has 0 saturated carbocycles. The Morgan fingerprint density at radius 3 is 2.54 bits per heavy atom. The van der Waals surface area contributed by atoms with Gasteiger partial charge < -0.3 is 14.5 Å². The SMILES string of the molecule is O=C(OCc1ccccc1)N1CCN([C@@H]2CN3c4cc(Cl)nc(C(F)F)c4CC(F)(F)C[C@@H]23)CC1. The topological polar surface area (TPSA) is 48.9 Å². The van der Waals surface area contributed by atoms with Crippen LogP contribution in [0.2, 0.25) is 5.15 Å². The van der Waals surface area contributed by atoms with Crippen molar-refractivity contribution in [3.63, 3.8) is 0 Å². The number of hydrogen-bond acceptors (Lipinski definition) is 5. The quantitative estimate of drug-likeness (QED) is 0.436. The lowest BCUT2D eigenvalue weighted by Gasteiger charge is -2.55. The Hall–Kier alpha value is -2.59. The van der Waals surface area contributed by atoms with E-state index in [4.69, 9.17) is 16.3 Å². The summed E-state index contributed by atoms with van der Waals surface area (Å²) in [4.78, 5) is 21.6. The fraction of sp³-hybridized carbons (Fsp3) is 0.500. The Morgan fingerprint density at radius 1 is 1.14 bits per heavy atom. The van der Waals surface area contributed by atoms with Crippen LogP contribution in [0.25, 0.3) is 0 Å². The number of ether oxygens (including phenoxy) is 1. The molecule has 2 fully saturated rings. The van der Waals surface area contributed by atoms with Gasteiger partial charge in [0.1, 0.15) is 17.5 Å². The number of piperazine rings is 1. The first-order valence-electron chi connectivity index (χ1n) is 11.5. The second-order valence-electron chi connectivity index (χ2n) is 9.22. The van der Waals surface area contributed by atoms with Gasteiger partial charge in [-0.25, -0.2) is 27.3 Å². The van der Waals surface area contributed by atoms with E-state index in [1.165, 1.54) is 6.07 Å². The van der Waals surface area contributed by atoms with E-state index in [0.29, 0.717) is 38.4 Å². The highest BCUT2D eigenvalue weighted by atomic mass is 35.5. The standard InChI is InChI=1S/C24H25ClF4N4O2/c25-20-10-17-16(21(30-20)22(26)27)11-24(28,29)12-18-19(13-33(17)18)31-6-8-32(9-7-31)23(34)35-14-15-4-2-1-3-5-15/h1-5,10,18-19,22H,6-9,11-14H2/t18-,19+/m0/s1. The maximum absolute atomic E-state index is 14.9. The van der Waals surface area contributed by atoms with Gasteiger partial charge in [0.2, 0.25) is 0 Å². The van der Waals surface area contributed by atoms with Gasteiger partial charge in [-0.1, -0.05) is 41.9 Å². The second-order valence-corrected chi connectivity index (χ2v) is 9.60. The highest BCUT2D eigenvalue weighted by Gasteiger charge is 2.52. The van der Waals surface area contributed by atoms with Crippen LogP contribution in [0.3, 0.4) is 0 Å². The van der Waals surface area contributed by atoms with Crippen LogP contribution in [0.4, 0.5) is 28.0 Å². The lowest BCUT2D eigenvalue weighted by atomic mass is 9.89. The van der Waals surface area contributed by atoms with E-state index in [1.807, 2.05) is 30.3 Å². The van der Waals surface area contributed by atoms with E-state index < -0.39 is 43.0 Å². The van der Waals surface area contributed by atoms with Crippen molar-refractivity contribution >= 4 is 23.4 Å². The molecule has 0 bridgehead atoms. The van der Waals surface area contributed by atoms with E-state index >= 15 is 0 Å². The molecule has 35 heavy (non-hydrogen) atoms. The van der Waals surface area contributed by atoms with Crippen LogP contribution in [0.5, 0.6) is 0 Å². The lowest BCUT2D eigenvalue weighted by Crippen LogP contribution is -2.70. The molecule has 2 atom stereocenters. The number of carbonyl (C=O) groups excluding carboxylic acids is 1. The van der Waals surface area contributed by atoms with Crippen LogP contribution < -0.4 is 4.90 Å². The Balaban J connectivity index is 1.24. The highest BCUT2D eigenvalue weighted by molar-refractivity contribution is 6.29. The van der Waals surface area contributed by atoms with Crippen molar-refractivity contribution in [2.45, 2.75) is 43.9 Å². The Labute approximate surface area is 205 Å². The Bertz CT molecular complexity index is 1080. The zero-order valence-corrected chi connectivity index (χ0v) is 19.6. The molecule has 2 aromatic rings. The number of anilines is 1. The summed E-state index contributed by atoms with van der Waals surface area (Å²) in [6.45, 7) is 2.51. The number of pyridine rings is 1. The predicted molar refractivity (Wildman–Crippen MR) is 122 cm³/mol. The number of benzene rings is 1. The van der Waals surface area contributed by atoms with Gasteiger partial charge in [-0.05, 0) is 11.6 Å². The largest absolute Gasteiger partial charge is 0.445 e. The Kier molecular flexibility index (Phi) is 6.52. The van der Waals surface area contributed by atoms with E-state index in [2.05, 4.69) is 9.88 Å². The summed E-state index contributed by atoms with van der Waals surface area (Å²) in [5, 5.41) is -0.130. The first-order valence-corrected chi connectivity index (χ1v) is 11.9. The molecule has 3 aliphatic heterocycles. The number of fused-ring (bicyclic) bond motifs is 3. The zero-order valence-electron chi connectivity index (χ0n) is 18.8. The molecule has 0 radical (unpaired) electrons. The predicted octanol–water partition coefficient (Wildman–Crippen LogP) is 4.77. The summed E-state index contributed by atoms with van der Waals surface area (Å²) in [6.07, 6.45) is -4.61. The summed E-state index contributed by atoms with van der Waals surface area (Å²) in [6, 6.07) is 10.1. The number of nitrogens with zero attached hydrogens (tertiary/aromatic N) is 4. The minimum Gasteiger partial charge on any atom is -0.445 e. The molecule has 5 rings (SSSR count). The maximum Gasteiger partial charge on any atom is 0.410 e. The number of carbonyl (C=O) groups is 1. The fourth-order valence-electron chi connectivity index (χ4n) is 5.26. The molecule has 11 heteroatoms. The van der Waals surface area contributed by atoms with E-state index in [9.17, 15) is 22.4 Å². The molecule has 0 spiro atoms. The molecular formula is C24H25ClF4N4O2. The molecule has 2 saturated heterocycles. The maximum atomic E-state index is 14.9. The normalized spacial score (nSPS) is 23.8. The van der Waals surface area contributed by atoms with Crippen molar-refractivity contribution in [2.24, 2.45) is 0 Å². The van der Waals surface area contributed by atoms with Crippen LogP contribution in [-0.2, 0) is 17.8 Å². The minimum absolute atomic E-state index is 0.124. The number of aromatic nitrogens is 1. The van der Waals surface area contributed by atoms with Crippen molar-refractivity contribution in [1.82, 2.24) is 14.8 Å². The third kappa shape index (κ3) is 4.91. The Morgan fingerprint density at radius 2 is 1.86 bits per heavy atom. The van der Waals surface area contributed by atoms with Gasteiger partial charge in [-0.3, -0.25) is 4.90 Å². The van der Waals surface area contributed by atoms with Crippen molar-refractivity contribution < 1.29 is 27.1 Å². The van der Waals surface area contributed by atoms with Crippen LogP contribution >= 0.6 is 11.6 Å². The molecule has 6 nitrogen and oxygen atoms in total. The zero-order chi connectivity index (χ0) is 24.7. The van der Waals surface area contributed by atoms with E-state index in [0.717, 1.165) is 5.56 Å². The summed E-state index contributed by atoms with van der Waals surface area (Å²) < 4.78 is 62.2. The third-order valence-corrected chi connectivity index (χ3v) is 7.23. The number of halogens is 5. The van der Waals surface area contributed by atoms with E-state index in [-0.39, 0.29) is 23.4 Å². The van der Waals surface area contributed by atoms with Crippen molar-refractivity contribution in [3.8, 4) is 0 Å². The molecule has 0 N–H and O–H groups in total. The first kappa shape index (κ1) is 24.1.